The quantitative estimate of drug-likeness (QED) is 0.773. The van der Waals surface area contributed by atoms with Gasteiger partial charge in [-0.3, -0.25) is 4.98 Å². The third-order valence-corrected chi connectivity index (χ3v) is 3.10. The van der Waals surface area contributed by atoms with E-state index in [0.29, 0.717) is 5.92 Å². The van der Waals surface area contributed by atoms with Crippen molar-refractivity contribution in [3.05, 3.63) is 30.5 Å². The minimum absolute atomic E-state index is 0.510. The number of hydrogen-bond donors (Lipinski definition) is 0. The zero-order valence-electron chi connectivity index (χ0n) is 8.34. The molecule has 0 saturated heterocycles. The van der Waals surface area contributed by atoms with E-state index < -0.39 is 0 Å². The van der Waals surface area contributed by atoms with E-state index in [2.05, 4.69) is 27.5 Å². The summed E-state index contributed by atoms with van der Waals surface area (Å²) in [6.07, 6.45) is 9.64. The summed E-state index contributed by atoms with van der Waals surface area (Å²) >= 11 is 1.85. The van der Waals surface area contributed by atoms with E-state index in [0.717, 1.165) is 11.4 Å². The zero-order valence-corrected chi connectivity index (χ0v) is 9.16. The predicted octanol–water partition coefficient (Wildman–Crippen LogP) is 2.20. The van der Waals surface area contributed by atoms with Gasteiger partial charge in [0.2, 0.25) is 0 Å². The number of nitrogens with zero attached hydrogens (tertiary/aromatic N) is 3. The Morgan fingerprint density at radius 2 is 2.36 bits per heavy atom. The normalized spacial score (nSPS) is 13.3. The molecule has 2 heterocycles. The molecule has 0 aromatic carbocycles. The van der Waals surface area contributed by atoms with E-state index in [1.165, 1.54) is 5.69 Å². The average molecular weight is 207 g/mol. The molecule has 0 fully saturated rings. The molecule has 14 heavy (non-hydrogen) atoms. The summed E-state index contributed by atoms with van der Waals surface area (Å²) in [6, 6.07) is 0. The van der Waals surface area contributed by atoms with E-state index in [-0.39, 0.29) is 0 Å². The van der Waals surface area contributed by atoms with Crippen LogP contribution in [0.3, 0.4) is 0 Å². The van der Waals surface area contributed by atoms with Crippen molar-refractivity contribution in [1.82, 2.24) is 14.4 Å². The van der Waals surface area contributed by atoms with Crippen LogP contribution < -0.4 is 0 Å². The van der Waals surface area contributed by atoms with Crippen molar-refractivity contribution in [2.75, 3.05) is 12.0 Å². The van der Waals surface area contributed by atoms with E-state index >= 15 is 0 Å². The second-order valence-corrected chi connectivity index (χ2v) is 4.25. The fourth-order valence-corrected chi connectivity index (χ4v) is 2.24. The van der Waals surface area contributed by atoms with Crippen LogP contribution in [-0.4, -0.2) is 26.4 Å². The van der Waals surface area contributed by atoms with Crippen LogP contribution in [0.4, 0.5) is 0 Å². The third kappa shape index (κ3) is 1.62. The number of hydrogen-bond acceptors (Lipinski definition) is 3. The number of aromatic nitrogens is 3. The molecule has 0 aliphatic carbocycles. The third-order valence-electron chi connectivity index (χ3n) is 2.27. The van der Waals surface area contributed by atoms with E-state index in [1.54, 1.807) is 6.20 Å². The lowest BCUT2D eigenvalue weighted by Crippen LogP contribution is -2.04. The number of rotatable bonds is 3. The molecule has 0 spiro atoms. The Bertz CT molecular complexity index is 424. The van der Waals surface area contributed by atoms with Crippen LogP contribution in [-0.2, 0) is 0 Å². The Labute approximate surface area is 87.6 Å². The summed E-state index contributed by atoms with van der Waals surface area (Å²) in [5.74, 6) is 1.62. The molecule has 0 aliphatic heterocycles. The van der Waals surface area contributed by atoms with Gasteiger partial charge in [0, 0.05) is 36.0 Å². The molecule has 0 aliphatic rings. The van der Waals surface area contributed by atoms with Crippen molar-refractivity contribution in [2.24, 2.45) is 0 Å². The van der Waals surface area contributed by atoms with Gasteiger partial charge in [0.1, 0.15) is 0 Å². The number of imidazole rings is 1. The molecular formula is C10H13N3S. The first-order valence-electron chi connectivity index (χ1n) is 4.59. The molecule has 2 rings (SSSR count). The summed E-state index contributed by atoms with van der Waals surface area (Å²) in [6.45, 7) is 2.22. The Morgan fingerprint density at radius 3 is 3.14 bits per heavy atom. The van der Waals surface area contributed by atoms with Crippen molar-refractivity contribution < 1.29 is 0 Å². The number of fused-ring (bicyclic) bond motifs is 1. The second-order valence-electron chi connectivity index (χ2n) is 3.34. The van der Waals surface area contributed by atoms with Crippen LogP contribution in [0.25, 0.3) is 5.65 Å². The van der Waals surface area contributed by atoms with Crippen molar-refractivity contribution in [3.8, 4) is 0 Å². The van der Waals surface area contributed by atoms with E-state index in [9.17, 15) is 0 Å². The first-order chi connectivity index (χ1) is 6.83. The van der Waals surface area contributed by atoms with Crippen LogP contribution >= 0.6 is 11.8 Å². The maximum absolute atomic E-state index is 4.22. The van der Waals surface area contributed by atoms with Gasteiger partial charge in [-0.05, 0) is 6.26 Å². The average Bonchev–Trinajstić information content (AvgIpc) is 2.65. The molecule has 3 nitrogen and oxygen atoms in total. The Morgan fingerprint density at radius 1 is 1.50 bits per heavy atom. The minimum Gasteiger partial charge on any atom is -0.301 e. The van der Waals surface area contributed by atoms with Crippen LogP contribution in [0.15, 0.2) is 24.8 Å². The lowest BCUT2D eigenvalue weighted by Gasteiger charge is -2.11. The summed E-state index contributed by atoms with van der Waals surface area (Å²) in [4.78, 5) is 8.41. The Hall–Kier alpha value is -1.03. The smallest absolute Gasteiger partial charge is 0.155 e. The van der Waals surface area contributed by atoms with Gasteiger partial charge in [-0.1, -0.05) is 6.92 Å². The van der Waals surface area contributed by atoms with Gasteiger partial charge in [0.15, 0.2) is 5.65 Å². The molecule has 2 aromatic rings. The van der Waals surface area contributed by atoms with E-state index in [4.69, 9.17) is 0 Å². The van der Waals surface area contributed by atoms with Gasteiger partial charge < -0.3 is 4.40 Å². The van der Waals surface area contributed by atoms with Gasteiger partial charge in [-0.25, -0.2) is 4.98 Å². The second kappa shape index (κ2) is 4.00. The summed E-state index contributed by atoms with van der Waals surface area (Å²) in [5, 5.41) is 0. The highest BCUT2D eigenvalue weighted by atomic mass is 32.2. The van der Waals surface area contributed by atoms with Crippen molar-refractivity contribution in [3.63, 3.8) is 0 Å². The van der Waals surface area contributed by atoms with Crippen LogP contribution in [0.1, 0.15) is 18.5 Å². The van der Waals surface area contributed by atoms with Gasteiger partial charge in [0.05, 0.1) is 6.20 Å². The first kappa shape index (κ1) is 9.52. The Balaban J connectivity index is 2.45. The fourth-order valence-electron chi connectivity index (χ4n) is 1.57. The molecule has 1 unspecified atom stereocenters. The van der Waals surface area contributed by atoms with Crippen molar-refractivity contribution >= 4 is 17.4 Å². The predicted molar refractivity (Wildman–Crippen MR) is 59.8 cm³/mol. The monoisotopic (exact) mass is 207 g/mol. The summed E-state index contributed by atoms with van der Waals surface area (Å²) in [7, 11) is 0. The molecule has 74 valence electrons. The minimum atomic E-state index is 0.510. The maximum atomic E-state index is 4.22. The largest absolute Gasteiger partial charge is 0.301 e. The van der Waals surface area contributed by atoms with Crippen LogP contribution in [0.2, 0.25) is 0 Å². The van der Waals surface area contributed by atoms with Crippen molar-refractivity contribution in [2.45, 2.75) is 12.8 Å². The maximum Gasteiger partial charge on any atom is 0.155 e. The highest BCUT2D eigenvalue weighted by Crippen LogP contribution is 2.18. The zero-order chi connectivity index (χ0) is 9.97. The molecule has 4 heteroatoms. The standard InChI is InChI=1S/C10H13N3S/c1-8(7-14-2)9-5-11-6-10-12-3-4-13(9)10/h3-6,8H,7H2,1-2H3. The van der Waals surface area contributed by atoms with Crippen LogP contribution in [0.5, 0.6) is 0 Å². The number of thioether (sulfide) groups is 1. The highest BCUT2D eigenvalue weighted by molar-refractivity contribution is 7.98. The van der Waals surface area contributed by atoms with Crippen molar-refractivity contribution in [1.29, 1.82) is 0 Å². The van der Waals surface area contributed by atoms with Gasteiger partial charge in [-0.15, -0.1) is 0 Å². The lowest BCUT2D eigenvalue weighted by molar-refractivity contribution is 0.802. The fraction of sp³-hybridized carbons (Fsp3) is 0.400. The summed E-state index contributed by atoms with van der Waals surface area (Å²) < 4.78 is 2.11. The van der Waals surface area contributed by atoms with Gasteiger partial charge in [0.25, 0.3) is 0 Å². The Kier molecular flexibility index (Phi) is 2.72. The molecule has 0 bridgehead atoms. The molecule has 1 atom stereocenters. The highest BCUT2D eigenvalue weighted by Gasteiger charge is 2.09. The molecule has 0 radical (unpaired) electrons. The SMILES string of the molecule is CSCC(C)c1cncc2nccn12. The van der Waals surface area contributed by atoms with E-state index in [1.807, 2.05) is 30.4 Å². The van der Waals surface area contributed by atoms with Gasteiger partial charge in [-0.2, -0.15) is 11.8 Å². The molecule has 0 N–H and O–H groups in total. The van der Waals surface area contributed by atoms with Gasteiger partial charge >= 0.3 is 0 Å². The summed E-state index contributed by atoms with van der Waals surface area (Å²) in [5.41, 5.74) is 2.16. The molecule has 0 amide bonds. The molecule has 0 saturated carbocycles. The molecule has 2 aromatic heterocycles. The lowest BCUT2D eigenvalue weighted by atomic mass is 10.1. The van der Waals surface area contributed by atoms with Crippen LogP contribution in [0, 0.1) is 0 Å². The topological polar surface area (TPSA) is 30.2 Å². The first-order valence-corrected chi connectivity index (χ1v) is 5.98. The molecular weight excluding hydrogens is 194 g/mol.